The summed E-state index contributed by atoms with van der Waals surface area (Å²) in [6.45, 7) is 19.7. The first-order chi connectivity index (χ1) is 26.7. The zero-order chi connectivity index (χ0) is 41.3. The van der Waals surface area contributed by atoms with E-state index in [1.807, 2.05) is 57.2 Å². The standard InChI is InChI=1S/C27H34N2O2.C20H26N2O3/c1-5-7-8-9-12-22-15-17-23(18-16-22)28-26(30)20-29(19-6-2)27(31)25-14-11-10-13-24(25)21(3)4;1-5-9-14(2)21-18(23)17-12-8-13-22(17)19(24)15-10-6-7-11-16(15)20(3,4)25/h5,7,9-17,23H,3,6,8,18-20H2,1-2,4H3,(H,28,30);5-7,9-11,17,25H,1,8,12-13H2,2-4H3,(H,21,23)/b7-5-,12-9+;14-9+. The van der Waals surface area contributed by atoms with Crippen LogP contribution in [0.1, 0.15) is 105 Å². The summed E-state index contributed by atoms with van der Waals surface area (Å²) < 4.78 is 0. The Kier molecular flexibility index (Phi) is 17.7. The highest BCUT2D eigenvalue weighted by atomic mass is 16.3. The van der Waals surface area contributed by atoms with Gasteiger partial charge in [-0.2, -0.15) is 0 Å². The van der Waals surface area contributed by atoms with Gasteiger partial charge in [-0.05, 0) is 102 Å². The Morgan fingerprint density at radius 1 is 1.02 bits per heavy atom. The summed E-state index contributed by atoms with van der Waals surface area (Å²) >= 11 is 0. The van der Waals surface area contributed by atoms with Crippen molar-refractivity contribution in [2.24, 2.45) is 0 Å². The Balaban J connectivity index is 0.000000307. The maximum atomic E-state index is 13.1. The summed E-state index contributed by atoms with van der Waals surface area (Å²) in [7, 11) is 0. The van der Waals surface area contributed by atoms with Crippen molar-refractivity contribution >= 4 is 29.2 Å². The number of allylic oxidation sites excluding steroid dienone is 10. The molecule has 4 rings (SSSR count). The van der Waals surface area contributed by atoms with Crippen LogP contribution in [0, 0.1) is 0 Å². The van der Waals surface area contributed by atoms with Crippen LogP contribution < -0.4 is 10.6 Å². The largest absolute Gasteiger partial charge is 0.386 e. The van der Waals surface area contributed by atoms with Crippen LogP contribution in [0.5, 0.6) is 0 Å². The van der Waals surface area contributed by atoms with E-state index in [0.29, 0.717) is 41.9 Å². The molecule has 1 aliphatic carbocycles. The van der Waals surface area contributed by atoms with Gasteiger partial charge < -0.3 is 25.5 Å². The van der Waals surface area contributed by atoms with Crippen LogP contribution in [-0.2, 0) is 15.2 Å². The lowest BCUT2D eigenvalue weighted by molar-refractivity contribution is -0.124. The molecular weight excluding hydrogens is 701 g/mol. The van der Waals surface area contributed by atoms with E-state index in [4.69, 9.17) is 0 Å². The Bertz CT molecular complexity index is 1880. The Hall–Kier alpha value is -5.54. The molecule has 2 aromatic carbocycles. The second-order valence-electron chi connectivity index (χ2n) is 14.6. The highest BCUT2D eigenvalue weighted by Gasteiger charge is 2.36. The molecule has 4 amide bonds. The zero-order valence-corrected chi connectivity index (χ0v) is 34.0. The molecule has 56 heavy (non-hydrogen) atoms. The first kappa shape index (κ1) is 44.9. The Morgan fingerprint density at radius 2 is 1.70 bits per heavy atom. The number of nitrogens with zero attached hydrogens (tertiary/aromatic N) is 2. The van der Waals surface area contributed by atoms with Gasteiger partial charge in [0.15, 0.2) is 0 Å². The molecule has 0 aromatic heterocycles. The van der Waals surface area contributed by atoms with Gasteiger partial charge >= 0.3 is 0 Å². The number of carbonyl (C=O) groups excluding carboxylic acids is 4. The predicted octanol–water partition coefficient (Wildman–Crippen LogP) is 8.19. The molecule has 3 N–H and O–H groups in total. The number of likely N-dealkylation sites (tertiary alicyclic amines) is 1. The number of amides is 4. The molecule has 1 fully saturated rings. The normalized spacial score (nSPS) is 16.9. The Morgan fingerprint density at radius 3 is 2.30 bits per heavy atom. The first-order valence-electron chi connectivity index (χ1n) is 19.4. The van der Waals surface area contributed by atoms with Crippen molar-refractivity contribution in [1.29, 1.82) is 0 Å². The lowest BCUT2D eigenvalue weighted by Crippen LogP contribution is -2.46. The third-order valence-corrected chi connectivity index (χ3v) is 9.35. The molecule has 2 aromatic rings. The number of rotatable bonds is 15. The van der Waals surface area contributed by atoms with Gasteiger partial charge in [0.05, 0.1) is 18.2 Å². The zero-order valence-electron chi connectivity index (χ0n) is 34.0. The molecule has 1 heterocycles. The van der Waals surface area contributed by atoms with Crippen molar-refractivity contribution in [3.63, 3.8) is 0 Å². The second kappa shape index (κ2) is 22.1. The van der Waals surface area contributed by atoms with E-state index in [0.717, 1.165) is 42.4 Å². The molecule has 0 saturated carbocycles. The number of hydrogen-bond acceptors (Lipinski definition) is 5. The molecule has 9 nitrogen and oxygen atoms in total. The molecule has 1 aliphatic heterocycles. The van der Waals surface area contributed by atoms with Crippen molar-refractivity contribution in [1.82, 2.24) is 20.4 Å². The monoisotopic (exact) mass is 760 g/mol. The van der Waals surface area contributed by atoms with Gasteiger partial charge in [0, 0.05) is 29.9 Å². The van der Waals surface area contributed by atoms with Gasteiger partial charge in [-0.15, -0.1) is 0 Å². The average Bonchev–Trinajstić information content (AvgIpc) is 3.67. The van der Waals surface area contributed by atoms with E-state index in [1.165, 1.54) is 0 Å². The first-order valence-corrected chi connectivity index (χ1v) is 19.4. The van der Waals surface area contributed by atoms with Crippen LogP contribution in [0.4, 0.5) is 0 Å². The van der Waals surface area contributed by atoms with Crippen molar-refractivity contribution in [2.45, 2.75) is 91.3 Å². The van der Waals surface area contributed by atoms with Crippen LogP contribution in [-0.4, -0.2) is 70.3 Å². The van der Waals surface area contributed by atoms with E-state index in [1.54, 1.807) is 73.1 Å². The van der Waals surface area contributed by atoms with Crippen LogP contribution in [0.3, 0.4) is 0 Å². The average molecular weight is 761 g/mol. The van der Waals surface area contributed by atoms with E-state index >= 15 is 0 Å². The van der Waals surface area contributed by atoms with Gasteiger partial charge in [-0.25, -0.2) is 0 Å². The van der Waals surface area contributed by atoms with Crippen molar-refractivity contribution in [3.8, 4) is 0 Å². The number of aliphatic hydroxyl groups is 1. The second-order valence-corrected chi connectivity index (χ2v) is 14.6. The minimum absolute atomic E-state index is 0.0430. The molecule has 1 saturated heterocycles. The van der Waals surface area contributed by atoms with Gasteiger partial charge in [0.1, 0.15) is 6.04 Å². The van der Waals surface area contributed by atoms with Crippen LogP contribution in [0.15, 0.2) is 128 Å². The summed E-state index contributed by atoms with van der Waals surface area (Å²) in [5.74, 6) is -0.698. The van der Waals surface area contributed by atoms with Gasteiger partial charge in [-0.3, -0.25) is 19.2 Å². The van der Waals surface area contributed by atoms with Gasteiger partial charge in [0.25, 0.3) is 11.8 Å². The van der Waals surface area contributed by atoms with E-state index < -0.39 is 11.6 Å². The van der Waals surface area contributed by atoms with Crippen molar-refractivity contribution in [3.05, 3.63) is 150 Å². The summed E-state index contributed by atoms with van der Waals surface area (Å²) in [6, 6.07) is 13.9. The summed E-state index contributed by atoms with van der Waals surface area (Å²) in [5.41, 5.74) is 3.95. The molecule has 0 bridgehead atoms. The Labute approximate surface area is 333 Å². The lowest BCUT2D eigenvalue weighted by Gasteiger charge is -2.27. The van der Waals surface area contributed by atoms with Crippen LogP contribution in [0.2, 0.25) is 0 Å². The topological polar surface area (TPSA) is 119 Å². The molecule has 0 radical (unpaired) electrons. The minimum Gasteiger partial charge on any atom is -0.386 e. The molecule has 2 unspecified atom stereocenters. The lowest BCUT2D eigenvalue weighted by atomic mass is 9.92. The summed E-state index contributed by atoms with van der Waals surface area (Å²) in [6.07, 6.45) is 21.7. The summed E-state index contributed by atoms with van der Waals surface area (Å²) in [4.78, 5) is 54.6. The molecule has 0 spiro atoms. The smallest absolute Gasteiger partial charge is 0.254 e. The maximum absolute atomic E-state index is 13.1. The van der Waals surface area contributed by atoms with E-state index in [-0.39, 0.29) is 36.2 Å². The predicted molar refractivity (Wildman–Crippen MR) is 228 cm³/mol. The van der Waals surface area contributed by atoms with Crippen molar-refractivity contribution in [2.75, 3.05) is 19.6 Å². The number of hydrogen-bond donors (Lipinski definition) is 3. The molecule has 9 heteroatoms. The number of carbonyl (C=O) groups is 4. The molecule has 298 valence electrons. The van der Waals surface area contributed by atoms with E-state index in [2.05, 4.69) is 48.1 Å². The van der Waals surface area contributed by atoms with Gasteiger partial charge in [0.2, 0.25) is 11.8 Å². The third-order valence-electron chi connectivity index (χ3n) is 9.35. The van der Waals surface area contributed by atoms with Gasteiger partial charge in [-0.1, -0.05) is 111 Å². The highest BCUT2D eigenvalue weighted by Crippen LogP contribution is 2.28. The molecular formula is C47H60N4O5. The quantitative estimate of drug-likeness (QED) is 0.125. The fraction of sp³-hybridized carbons (Fsp3) is 0.362. The van der Waals surface area contributed by atoms with E-state index in [9.17, 15) is 24.3 Å². The highest BCUT2D eigenvalue weighted by molar-refractivity contribution is 6.01. The minimum atomic E-state index is -1.13. The fourth-order valence-electron chi connectivity index (χ4n) is 6.58. The molecule has 2 aliphatic rings. The molecule has 2 atom stereocenters. The van der Waals surface area contributed by atoms with Crippen LogP contribution in [0.25, 0.3) is 5.57 Å². The number of nitrogens with one attached hydrogen (secondary N) is 2. The third kappa shape index (κ3) is 13.3. The number of benzene rings is 2. The maximum Gasteiger partial charge on any atom is 0.254 e. The SMILES string of the molecule is C=C(C)c1ccccc1C(=O)N(CCC)CC(=O)NC1C=CC(/C=C/C/C=C\C)=CC1.C=C/C=C(\C)NC(=O)C1CCCN1C(=O)c1ccccc1C(C)(C)O. The fourth-order valence-corrected chi connectivity index (χ4v) is 6.58. The van der Waals surface area contributed by atoms with Crippen molar-refractivity contribution < 1.29 is 24.3 Å². The summed E-state index contributed by atoms with van der Waals surface area (Å²) in [5, 5.41) is 16.2. The van der Waals surface area contributed by atoms with Crippen LogP contribution >= 0.6 is 0 Å².